The summed E-state index contributed by atoms with van der Waals surface area (Å²) in [5, 5.41) is 2.11. The number of halogens is 1. The fourth-order valence-corrected chi connectivity index (χ4v) is 4.46. The first-order chi connectivity index (χ1) is 15.2. The summed E-state index contributed by atoms with van der Waals surface area (Å²) in [6.07, 6.45) is 4.11. The maximum atomic E-state index is 13.7. The zero-order valence-electron chi connectivity index (χ0n) is 17.7. The number of furan rings is 1. The Morgan fingerprint density at radius 3 is 2.45 bits per heavy atom. The maximum absolute atomic E-state index is 13.7. The lowest BCUT2D eigenvalue weighted by Gasteiger charge is -2.13. The monoisotopic (exact) mass is 409 g/mol. The van der Waals surface area contributed by atoms with Crippen LogP contribution in [0.3, 0.4) is 0 Å². The van der Waals surface area contributed by atoms with Gasteiger partial charge in [0.05, 0.1) is 5.69 Å². The Kier molecular flexibility index (Phi) is 5.03. The Balaban J connectivity index is 1.66. The molecule has 0 aliphatic carbocycles. The van der Waals surface area contributed by atoms with E-state index in [4.69, 9.17) is 4.42 Å². The predicted molar refractivity (Wildman–Crippen MR) is 126 cm³/mol. The van der Waals surface area contributed by atoms with E-state index < -0.39 is 0 Å². The predicted octanol–water partition coefficient (Wildman–Crippen LogP) is 8.36. The molecule has 0 saturated heterocycles. The Bertz CT molecular complexity index is 1380. The van der Waals surface area contributed by atoms with E-state index in [0.29, 0.717) is 5.92 Å². The zero-order valence-corrected chi connectivity index (χ0v) is 17.7. The summed E-state index contributed by atoms with van der Waals surface area (Å²) in [7, 11) is 0. The van der Waals surface area contributed by atoms with Crippen LogP contribution in [0.2, 0.25) is 0 Å². The number of hydrogen-bond acceptors (Lipinski definition) is 2. The molecule has 0 unspecified atom stereocenters. The average Bonchev–Trinajstić information content (AvgIpc) is 3.18. The summed E-state index contributed by atoms with van der Waals surface area (Å²) >= 11 is 0. The van der Waals surface area contributed by atoms with Crippen molar-refractivity contribution >= 4 is 21.9 Å². The summed E-state index contributed by atoms with van der Waals surface area (Å²) in [4.78, 5) is 4.65. The number of hydrogen-bond donors (Lipinski definition) is 0. The van der Waals surface area contributed by atoms with Crippen LogP contribution in [0.4, 0.5) is 4.39 Å². The van der Waals surface area contributed by atoms with Crippen molar-refractivity contribution in [1.82, 2.24) is 4.98 Å². The number of pyridine rings is 1. The third-order valence-corrected chi connectivity index (χ3v) is 6.17. The summed E-state index contributed by atoms with van der Waals surface area (Å²) in [5.41, 5.74) is 6.64. The van der Waals surface area contributed by atoms with E-state index in [1.807, 2.05) is 24.4 Å². The summed E-state index contributed by atoms with van der Waals surface area (Å²) in [5.74, 6) is 0.290. The van der Waals surface area contributed by atoms with Gasteiger partial charge in [0.2, 0.25) is 0 Å². The van der Waals surface area contributed by atoms with Crippen molar-refractivity contribution in [2.45, 2.75) is 32.6 Å². The van der Waals surface area contributed by atoms with Crippen LogP contribution in [-0.2, 0) is 0 Å². The quantitative estimate of drug-likeness (QED) is 0.291. The van der Waals surface area contributed by atoms with Gasteiger partial charge in [0.15, 0.2) is 0 Å². The third-order valence-electron chi connectivity index (χ3n) is 6.17. The highest BCUT2D eigenvalue weighted by Crippen LogP contribution is 2.37. The standard InChI is InChI=1S/C28H24FNO/c1-3-18(4-2)21-13-14-30-26(16-21)25-10-6-9-24-23-12-11-20(17-27(23)31-28(24)25)19-7-5-8-22(29)15-19/h5-18H,3-4H2,1-2H3. The maximum Gasteiger partial charge on any atom is 0.144 e. The fraction of sp³-hybridized carbons (Fsp3) is 0.179. The van der Waals surface area contributed by atoms with Gasteiger partial charge in [-0.15, -0.1) is 0 Å². The molecule has 0 amide bonds. The van der Waals surface area contributed by atoms with Gasteiger partial charge in [0.1, 0.15) is 17.0 Å². The van der Waals surface area contributed by atoms with Crippen LogP contribution >= 0.6 is 0 Å². The van der Waals surface area contributed by atoms with Crippen LogP contribution in [0.5, 0.6) is 0 Å². The molecule has 154 valence electrons. The van der Waals surface area contributed by atoms with Crippen molar-refractivity contribution in [3.05, 3.63) is 90.4 Å². The Morgan fingerprint density at radius 1 is 0.839 bits per heavy atom. The minimum Gasteiger partial charge on any atom is -0.455 e. The van der Waals surface area contributed by atoms with Crippen LogP contribution in [0.1, 0.15) is 38.2 Å². The molecule has 5 aromatic rings. The molecule has 31 heavy (non-hydrogen) atoms. The van der Waals surface area contributed by atoms with E-state index in [1.54, 1.807) is 12.1 Å². The molecule has 3 aromatic carbocycles. The second-order valence-corrected chi connectivity index (χ2v) is 7.99. The van der Waals surface area contributed by atoms with Crippen LogP contribution in [-0.4, -0.2) is 4.98 Å². The largest absolute Gasteiger partial charge is 0.455 e. The number of fused-ring (bicyclic) bond motifs is 3. The molecule has 3 heteroatoms. The van der Waals surface area contributed by atoms with Crippen molar-refractivity contribution < 1.29 is 8.81 Å². The van der Waals surface area contributed by atoms with Crippen LogP contribution in [0.15, 0.2) is 83.4 Å². The molecule has 2 aromatic heterocycles. The first-order valence-corrected chi connectivity index (χ1v) is 10.9. The van der Waals surface area contributed by atoms with Gasteiger partial charge in [-0.2, -0.15) is 0 Å². The van der Waals surface area contributed by atoms with Crippen LogP contribution < -0.4 is 0 Å². The van der Waals surface area contributed by atoms with Crippen molar-refractivity contribution in [3.63, 3.8) is 0 Å². The van der Waals surface area contributed by atoms with Crippen molar-refractivity contribution in [2.75, 3.05) is 0 Å². The van der Waals surface area contributed by atoms with Crippen molar-refractivity contribution in [3.8, 4) is 22.4 Å². The molecule has 2 nitrogen and oxygen atoms in total. The Morgan fingerprint density at radius 2 is 1.65 bits per heavy atom. The van der Waals surface area contributed by atoms with E-state index in [0.717, 1.165) is 57.2 Å². The highest BCUT2D eigenvalue weighted by molar-refractivity contribution is 6.10. The van der Waals surface area contributed by atoms with Gasteiger partial charge in [0, 0.05) is 22.5 Å². The normalized spacial score (nSPS) is 11.6. The molecule has 5 rings (SSSR count). The van der Waals surface area contributed by atoms with E-state index in [9.17, 15) is 4.39 Å². The second-order valence-electron chi connectivity index (χ2n) is 7.99. The number of para-hydroxylation sites is 1. The first kappa shape index (κ1) is 19.5. The third kappa shape index (κ3) is 3.50. The molecule has 0 fully saturated rings. The fourth-order valence-electron chi connectivity index (χ4n) is 4.46. The highest BCUT2D eigenvalue weighted by Gasteiger charge is 2.15. The number of nitrogens with zero attached hydrogens (tertiary/aromatic N) is 1. The van der Waals surface area contributed by atoms with E-state index in [2.05, 4.69) is 55.2 Å². The molecule has 0 radical (unpaired) electrons. The van der Waals surface area contributed by atoms with Gasteiger partial charge in [-0.05, 0) is 77.9 Å². The van der Waals surface area contributed by atoms with E-state index >= 15 is 0 Å². The Labute approximate surface area is 181 Å². The topological polar surface area (TPSA) is 26.0 Å². The first-order valence-electron chi connectivity index (χ1n) is 10.9. The van der Waals surface area contributed by atoms with E-state index in [1.165, 1.54) is 11.6 Å². The summed E-state index contributed by atoms with van der Waals surface area (Å²) in [6, 6.07) is 23.2. The number of benzene rings is 3. The van der Waals surface area contributed by atoms with Gasteiger partial charge < -0.3 is 4.42 Å². The zero-order chi connectivity index (χ0) is 21.4. The number of rotatable bonds is 5. The minimum atomic E-state index is -0.243. The second kappa shape index (κ2) is 7.99. The summed E-state index contributed by atoms with van der Waals surface area (Å²) < 4.78 is 20.0. The number of aromatic nitrogens is 1. The highest BCUT2D eigenvalue weighted by atomic mass is 19.1. The molecule has 2 heterocycles. The molecule has 0 spiro atoms. The molecule has 0 aliphatic rings. The van der Waals surface area contributed by atoms with Gasteiger partial charge in [-0.3, -0.25) is 4.98 Å². The SMILES string of the molecule is CCC(CC)c1ccnc(-c2cccc3c2oc2cc(-c4cccc(F)c4)ccc23)c1. The molecular formula is C28H24FNO. The van der Waals surface area contributed by atoms with Crippen molar-refractivity contribution in [2.24, 2.45) is 0 Å². The van der Waals surface area contributed by atoms with Gasteiger partial charge in [-0.25, -0.2) is 4.39 Å². The van der Waals surface area contributed by atoms with Gasteiger partial charge >= 0.3 is 0 Å². The van der Waals surface area contributed by atoms with Gasteiger partial charge in [-0.1, -0.05) is 44.2 Å². The molecule has 0 aliphatic heterocycles. The lowest BCUT2D eigenvalue weighted by Crippen LogP contribution is -1.96. The summed E-state index contributed by atoms with van der Waals surface area (Å²) in [6.45, 7) is 4.45. The molecule has 0 bridgehead atoms. The van der Waals surface area contributed by atoms with Crippen molar-refractivity contribution in [1.29, 1.82) is 0 Å². The lowest BCUT2D eigenvalue weighted by molar-refractivity contribution is 0.628. The van der Waals surface area contributed by atoms with Crippen LogP contribution in [0, 0.1) is 5.82 Å². The molecule has 0 saturated carbocycles. The van der Waals surface area contributed by atoms with Gasteiger partial charge in [0.25, 0.3) is 0 Å². The lowest BCUT2D eigenvalue weighted by atomic mass is 9.93. The smallest absolute Gasteiger partial charge is 0.144 e. The average molecular weight is 410 g/mol. The molecule has 0 N–H and O–H groups in total. The Hall–Kier alpha value is -3.46. The van der Waals surface area contributed by atoms with Crippen LogP contribution in [0.25, 0.3) is 44.3 Å². The molecule has 0 atom stereocenters. The molecular weight excluding hydrogens is 385 g/mol. The van der Waals surface area contributed by atoms with E-state index in [-0.39, 0.29) is 5.82 Å². The minimum absolute atomic E-state index is 0.243.